The number of cyclic esters (lactones) is 1. The number of carbonyl (C=O) groups is 1. The van der Waals surface area contributed by atoms with Crippen LogP contribution in [0.15, 0.2) is 173 Å². The van der Waals surface area contributed by atoms with Gasteiger partial charge in [-0.3, -0.25) is 4.90 Å². The van der Waals surface area contributed by atoms with Crippen molar-refractivity contribution < 1.29 is 91.2 Å². The van der Waals surface area contributed by atoms with E-state index in [1.165, 1.54) is 109 Å². The largest absolute Gasteiger partial charge is 0.508 e. The molecule has 2 aromatic heterocycles. The molecule has 686 valence electrons. The molecule has 6 heterocycles. The second kappa shape index (κ2) is 37.8. The predicted octanol–water partition coefficient (Wildman–Crippen LogP) is 19.1. The Kier molecular flexibility index (Phi) is 26.7. The van der Waals surface area contributed by atoms with Crippen molar-refractivity contribution in [2.24, 2.45) is 52.3 Å². The number of phenols is 4. The van der Waals surface area contributed by atoms with E-state index in [9.17, 15) is 43.9 Å². The summed E-state index contributed by atoms with van der Waals surface area (Å²) in [6, 6.07) is 40.7. The number of hydrogen-bond donors (Lipinski definition) is 9. The number of ether oxygens (including phenoxy) is 10. The number of aliphatic hydroxyl groups excluding tert-OH is 2. The van der Waals surface area contributed by atoms with Gasteiger partial charge in [0.1, 0.15) is 30.0 Å². The molecule has 129 heavy (non-hydrogen) atoms. The zero-order valence-corrected chi connectivity index (χ0v) is 77.0. The maximum Gasteiger partial charge on any atom is 0.411 e. The first-order valence-electron chi connectivity index (χ1n) is 45.4. The molecule has 24 nitrogen and oxygen atoms in total. The number of hydrogen-bond acceptors (Lipinski definition) is 22. The summed E-state index contributed by atoms with van der Waals surface area (Å²) in [6.45, 7) is 13.6. The number of para-hydroxylation sites is 1. The minimum absolute atomic E-state index is 0.0222. The number of amides is 1. The van der Waals surface area contributed by atoms with Crippen LogP contribution in [0.2, 0.25) is 0 Å². The predicted molar refractivity (Wildman–Crippen MR) is 497 cm³/mol. The molecule has 20 rings (SSSR count). The van der Waals surface area contributed by atoms with Gasteiger partial charge in [0, 0.05) is 46.0 Å². The highest BCUT2D eigenvalue weighted by Gasteiger charge is 2.61. The van der Waals surface area contributed by atoms with Crippen LogP contribution >= 0.6 is 0 Å². The molecule has 1 amide bonds. The lowest BCUT2D eigenvalue weighted by Crippen LogP contribution is -2.49. The summed E-state index contributed by atoms with van der Waals surface area (Å²) in [7, 11) is 8.82. The van der Waals surface area contributed by atoms with Gasteiger partial charge in [-0.05, 0) is 310 Å². The summed E-state index contributed by atoms with van der Waals surface area (Å²) < 4.78 is 79.9. The molecule has 1 spiro atoms. The van der Waals surface area contributed by atoms with Crippen molar-refractivity contribution in [3.8, 4) is 69.0 Å². The first-order valence-corrected chi connectivity index (χ1v) is 47.0. The zero-order chi connectivity index (χ0) is 91.1. The van der Waals surface area contributed by atoms with Crippen LogP contribution in [0.1, 0.15) is 175 Å². The molecule has 0 radical (unpaired) electrons. The molecular weight excluding hydrogens is 1660 g/mol. The Hall–Kier alpha value is -11.1. The molecule has 25 heteroatoms. The number of piperidine rings is 1. The fourth-order valence-corrected chi connectivity index (χ4v) is 25.2. The van der Waals surface area contributed by atoms with Crippen LogP contribution in [-0.2, 0) is 37.9 Å². The van der Waals surface area contributed by atoms with Crippen molar-refractivity contribution >= 4 is 50.5 Å². The maximum absolute atomic E-state index is 12.7. The molecule has 11 aliphatic rings. The van der Waals surface area contributed by atoms with Gasteiger partial charge in [-0.25, -0.2) is 18.2 Å². The highest BCUT2D eigenvalue weighted by atomic mass is 32.2. The molecule has 1 unspecified atom stereocenters. The van der Waals surface area contributed by atoms with Gasteiger partial charge in [-0.2, -0.15) is 0 Å². The lowest BCUT2D eigenvalue weighted by molar-refractivity contribution is -0.0549. The van der Waals surface area contributed by atoms with Crippen LogP contribution in [0.4, 0.5) is 16.3 Å². The van der Waals surface area contributed by atoms with Crippen molar-refractivity contribution in [3.63, 3.8) is 0 Å². The fraction of sp³-hybridized carbons (Fsp3) is 0.462. The highest BCUT2D eigenvalue weighted by molar-refractivity contribution is 7.90. The van der Waals surface area contributed by atoms with E-state index < -0.39 is 9.84 Å². The number of phenolic OH excluding ortho intramolecular Hbond substituents is 4. The number of nitrogens with zero attached hydrogens (tertiary/aromatic N) is 2. The van der Waals surface area contributed by atoms with Crippen molar-refractivity contribution in [1.82, 2.24) is 20.2 Å². The average Bonchev–Trinajstić information content (AvgIpc) is 1.54. The van der Waals surface area contributed by atoms with Gasteiger partial charge in [-0.1, -0.05) is 87.4 Å². The monoisotopic (exact) mass is 1780 g/mol. The van der Waals surface area contributed by atoms with Gasteiger partial charge >= 0.3 is 6.09 Å². The smallest absolute Gasteiger partial charge is 0.411 e. The van der Waals surface area contributed by atoms with E-state index in [0.29, 0.717) is 111 Å². The number of rotatable bonds is 16. The summed E-state index contributed by atoms with van der Waals surface area (Å²) in [5.41, 5.74) is 15.0. The molecular formula is C104H125N5O19S. The third kappa shape index (κ3) is 17.6. The molecule has 4 aliphatic heterocycles. The summed E-state index contributed by atoms with van der Waals surface area (Å²) in [6.07, 6.45) is 24.4. The number of benzene rings is 7. The summed E-state index contributed by atoms with van der Waals surface area (Å²) in [5.74, 6) is 10.2. The molecule has 9 N–H and O–H groups in total. The van der Waals surface area contributed by atoms with E-state index >= 15 is 0 Å². The quantitative estimate of drug-likeness (QED) is 0.0246. The second-order valence-corrected chi connectivity index (χ2v) is 39.3. The van der Waals surface area contributed by atoms with E-state index in [2.05, 4.69) is 73.4 Å². The zero-order valence-electron chi connectivity index (χ0n) is 76.2. The minimum atomic E-state index is -3.54. The number of H-pyrrole nitrogens is 1. The van der Waals surface area contributed by atoms with Crippen LogP contribution < -0.4 is 48.5 Å². The van der Waals surface area contributed by atoms with Gasteiger partial charge < -0.3 is 93.6 Å². The first-order chi connectivity index (χ1) is 62.1. The van der Waals surface area contributed by atoms with Crippen molar-refractivity contribution in [2.45, 2.75) is 190 Å². The molecule has 7 fully saturated rings. The van der Waals surface area contributed by atoms with Gasteiger partial charge in [-0.15, -0.1) is 0 Å². The van der Waals surface area contributed by atoms with Crippen LogP contribution in [0.25, 0.3) is 23.1 Å². The Morgan fingerprint density at radius 3 is 2.05 bits per heavy atom. The number of aliphatic hydroxyl groups is 2. The standard InChI is InChI=1S/C27H41NO2.C21H20N2O5.C19H18N2O4S.C19H26O3.C18H20O5/c1-15-11-24-25(28-14-15)17(3)27(30-24)10-8-20-21-6-5-18-12-19(29)7-9-26(18,4)23(21)13-22(20)16(27)2;1-26-16-7-11(8-17(27-2)20(16)24)19-18-14(9-12-10-28-21(25)23(12)19)13-5-3-4-6-15(13)22-18;1-25-17-8-10-18(11-9-17)26(23,24)13-14-3-2-12-20-19(14)21-15-4-6-16(22)7-5-15;1-19-8-7-12-13(15(19)5-6-18(19)21)4-3-11-9-16(20)17(22-2)10-14(11)12;1-20-15-8-7-12(9-14(15)19)5-6-13-10-16(21-2)18(23-4)17(11-13)22-3/h5,15,17,19-21,23-25,28-29H,6-14H2,1-4H3;3-8,12,19,22,24H,9-10H2,1-2H3;2-12,22H,13H2,1H3,(H,20,21);9-10,12-13,15,18,20-21H,3-8H2,1-2H3;5-11,19H,1-4H3/b;;;;6-5-/t15-,17+,19-,20-,21-,23-,24+,25-,26-,27-;12?,19-;;12-,13+,15-,18-,19-;/m01.0./s1. The number of fused-ring (bicyclic) bond motifs is 15. The highest BCUT2D eigenvalue weighted by Crippen LogP contribution is 2.66. The van der Waals surface area contributed by atoms with Crippen LogP contribution in [0.5, 0.6) is 69.0 Å². The van der Waals surface area contributed by atoms with Gasteiger partial charge in [0.2, 0.25) is 11.5 Å². The van der Waals surface area contributed by atoms with Gasteiger partial charge in [0.15, 0.2) is 55.8 Å². The van der Waals surface area contributed by atoms with Crippen LogP contribution in [0.3, 0.4) is 0 Å². The van der Waals surface area contributed by atoms with Crippen molar-refractivity contribution in [2.75, 3.05) is 75.3 Å². The molecule has 3 saturated heterocycles. The number of anilines is 2. The number of nitrogens with one attached hydrogen (secondary N) is 3. The Morgan fingerprint density at radius 2 is 1.36 bits per heavy atom. The van der Waals surface area contributed by atoms with E-state index in [1.807, 2.05) is 54.6 Å². The number of aromatic amines is 1. The Morgan fingerprint density at radius 1 is 0.659 bits per heavy atom. The van der Waals surface area contributed by atoms with Crippen molar-refractivity contribution in [3.05, 3.63) is 213 Å². The van der Waals surface area contributed by atoms with Crippen LogP contribution in [0, 0.1) is 52.3 Å². The molecule has 7 aliphatic carbocycles. The van der Waals surface area contributed by atoms with Crippen LogP contribution in [-0.4, -0.2) is 166 Å². The average molecular weight is 1780 g/mol. The number of carbonyl (C=O) groups excluding carboxylic acids is 1. The van der Waals surface area contributed by atoms with E-state index in [-0.39, 0.29) is 75.0 Å². The Labute approximate surface area is 756 Å². The molecule has 17 atom stereocenters. The lowest BCUT2D eigenvalue weighted by atomic mass is 9.55. The van der Waals surface area contributed by atoms with Gasteiger partial charge in [0.05, 0.1) is 97.5 Å². The number of aryl methyl sites for hydroxylation is 1. The molecule has 7 aromatic carbocycles. The number of allylic oxidation sites excluding steroid dienone is 2. The SMILES string of the molecule is CC1=C2C[C@H]3[C@@H](CC=C4C[C@@H](O)CC[C@@]43C)[C@@H]2CC[C@]12O[C@@H]1C[C@H](C)CN[C@H]1[C@H]2C.COc1cc([C@@H]2c3[nH]c4ccccc4c3CC3COC(=O)N32)cc(OC)c1O.COc1cc2c(cc1O)CC[C@@H]1[C@@H]2CC[C@]2(C)[C@@H](O)CC[C@@H]12.COc1ccc(/C=C\c2cc(OC)c(OC)c(OC)c2)cc1O.COc1ccc(S(=O)(=O)Cc2cccnc2Nc2ccc(O)cc2)cc1. The minimum Gasteiger partial charge on any atom is -0.508 e. The third-order valence-corrected chi connectivity index (χ3v) is 32.3. The lowest BCUT2D eigenvalue weighted by Gasteiger charge is -2.50. The Balaban J connectivity index is 0.000000119. The molecule has 4 saturated carbocycles. The normalized spacial score (nSPS) is 28.2. The molecule has 9 aromatic rings. The fourth-order valence-electron chi connectivity index (χ4n) is 23.8. The maximum atomic E-state index is 12.7. The summed E-state index contributed by atoms with van der Waals surface area (Å²) >= 11 is 0. The topological polar surface area (TPSA) is 321 Å². The third-order valence-electron chi connectivity index (χ3n) is 30.7. The number of pyridine rings is 1. The number of sulfone groups is 1. The molecule has 0 bridgehead atoms. The number of aromatic hydroxyl groups is 4. The number of methoxy groups -OCH3 is 8. The van der Waals surface area contributed by atoms with E-state index in [4.69, 9.17) is 47.4 Å². The summed E-state index contributed by atoms with van der Waals surface area (Å²) in [4.78, 5) is 22.3. The Bertz CT molecular complexity index is 5750. The van der Waals surface area contributed by atoms with Gasteiger partial charge in [0.25, 0.3) is 0 Å². The first kappa shape index (κ1) is 91.2. The summed E-state index contributed by atoms with van der Waals surface area (Å²) in [5, 5.41) is 68.3. The van der Waals surface area contributed by atoms with E-state index in [1.54, 1.807) is 129 Å². The second-order valence-electron chi connectivity index (χ2n) is 37.4. The van der Waals surface area contributed by atoms with E-state index in [0.717, 1.165) is 108 Å². The van der Waals surface area contributed by atoms with Crippen molar-refractivity contribution in [1.29, 1.82) is 0 Å². The number of aromatic nitrogens is 2.